The lowest BCUT2D eigenvalue weighted by molar-refractivity contribution is 0.269. The van der Waals surface area contributed by atoms with Gasteiger partial charge in [-0.1, -0.05) is 17.7 Å². The summed E-state index contributed by atoms with van der Waals surface area (Å²) in [4.78, 5) is 0. The molecule has 2 aromatic rings. The van der Waals surface area contributed by atoms with Gasteiger partial charge in [-0.15, -0.1) is 11.6 Å². The molecule has 2 aromatic carbocycles. The summed E-state index contributed by atoms with van der Waals surface area (Å²) in [6.45, 7) is -0.375. The van der Waals surface area contributed by atoms with Crippen molar-refractivity contribution in [2.24, 2.45) is 0 Å². The molecule has 2 rings (SSSR count). The van der Waals surface area contributed by atoms with E-state index in [1.54, 1.807) is 0 Å². The van der Waals surface area contributed by atoms with E-state index in [1.165, 1.54) is 18.2 Å². The summed E-state index contributed by atoms with van der Waals surface area (Å²) in [5.41, 5.74) is 0.326. The molecule has 0 bridgehead atoms. The van der Waals surface area contributed by atoms with Gasteiger partial charge in [-0.25, -0.2) is 13.2 Å². The maximum Gasteiger partial charge on any atom is 0.191 e. The maximum absolute atomic E-state index is 13.7. The summed E-state index contributed by atoms with van der Waals surface area (Å²) in [5, 5.41) is 0.128. The summed E-state index contributed by atoms with van der Waals surface area (Å²) in [7, 11) is 0. The molecule has 0 unspecified atom stereocenters. The van der Waals surface area contributed by atoms with E-state index < -0.39 is 23.2 Å². The summed E-state index contributed by atoms with van der Waals surface area (Å²) >= 11 is 11.3. The first-order chi connectivity index (χ1) is 9.52. The predicted octanol–water partition coefficient (Wildman–Crippen LogP) is 5.08. The van der Waals surface area contributed by atoms with Crippen molar-refractivity contribution in [3.8, 4) is 5.75 Å². The van der Waals surface area contributed by atoms with E-state index in [9.17, 15) is 13.2 Å². The second-order valence-corrected chi connectivity index (χ2v) is 4.69. The molecule has 0 fully saturated rings. The highest BCUT2D eigenvalue weighted by atomic mass is 35.5. The highest BCUT2D eigenvalue weighted by molar-refractivity contribution is 6.31. The van der Waals surface area contributed by atoms with Gasteiger partial charge in [0.05, 0.1) is 5.02 Å². The van der Waals surface area contributed by atoms with Gasteiger partial charge in [0.25, 0.3) is 0 Å². The molecule has 106 valence electrons. The third-order valence-corrected chi connectivity index (χ3v) is 3.30. The number of benzene rings is 2. The van der Waals surface area contributed by atoms with E-state index in [4.69, 9.17) is 27.9 Å². The van der Waals surface area contributed by atoms with Crippen LogP contribution in [-0.2, 0) is 12.5 Å². The molecule has 0 aromatic heterocycles. The van der Waals surface area contributed by atoms with Crippen molar-refractivity contribution < 1.29 is 17.9 Å². The van der Waals surface area contributed by atoms with E-state index in [2.05, 4.69) is 0 Å². The van der Waals surface area contributed by atoms with E-state index in [-0.39, 0.29) is 28.6 Å². The molecule has 0 amide bonds. The molecular formula is C14H9Cl2F3O. The number of hydrogen-bond donors (Lipinski definition) is 0. The smallest absolute Gasteiger partial charge is 0.191 e. The standard InChI is InChI=1S/C14H9Cl2F3O/c15-6-8-4-12(18)14(13(19)5-8)20-7-9-10(16)2-1-3-11(9)17/h1-5H,6-7H2. The van der Waals surface area contributed by atoms with Gasteiger partial charge in [-0.3, -0.25) is 0 Å². The first-order valence-corrected chi connectivity index (χ1v) is 6.53. The van der Waals surface area contributed by atoms with Crippen LogP contribution in [0.5, 0.6) is 5.75 Å². The fraction of sp³-hybridized carbons (Fsp3) is 0.143. The van der Waals surface area contributed by atoms with Crippen molar-refractivity contribution in [2.75, 3.05) is 0 Å². The van der Waals surface area contributed by atoms with E-state index in [1.807, 2.05) is 0 Å². The molecule has 0 saturated heterocycles. The van der Waals surface area contributed by atoms with Crippen LogP contribution in [0.4, 0.5) is 13.2 Å². The molecule has 0 spiro atoms. The zero-order valence-electron chi connectivity index (χ0n) is 10.1. The first-order valence-electron chi connectivity index (χ1n) is 5.62. The molecule has 0 saturated carbocycles. The first kappa shape index (κ1) is 15.0. The fourth-order valence-electron chi connectivity index (χ4n) is 1.64. The Morgan fingerprint density at radius 1 is 1.00 bits per heavy atom. The van der Waals surface area contributed by atoms with Crippen LogP contribution in [-0.4, -0.2) is 0 Å². The van der Waals surface area contributed by atoms with Crippen LogP contribution in [0.2, 0.25) is 5.02 Å². The second-order valence-electron chi connectivity index (χ2n) is 4.01. The van der Waals surface area contributed by atoms with Crippen molar-refractivity contribution >= 4 is 23.2 Å². The van der Waals surface area contributed by atoms with Crippen molar-refractivity contribution in [1.29, 1.82) is 0 Å². The Hall–Kier alpha value is -1.39. The summed E-state index contributed by atoms with van der Waals surface area (Å²) < 4.78 is 45.8. The van der Waals surface area contributed by atoms with Crippen molar-refractivity contribution in [3.05, 3.63) is 63.9 Å². The SMILES string of the molecule is Fc1cccc(Cl)c1COc1c(F)cc(CCl)cc1F. The molecule has 0 aliphatic carbocycles. The molecule has 6 heteroatoms. The van der Waals surface area contributed by atoms with Crippen LogP contribution in [0, 0.1) is 17.5 Å². The second kappa shape index (κ2) is 6.37. The molecule has 0 N–H and O–H groups in total. The monoisotopic (exact) mass is 320 g/mol. The fourth-order valence-corrected chi connectivity index (χ4v) is 2.01. The Morgan fingerprint density at radius 2 is 1.65 bits per heavy atom. The Balaban J connectivity index is 2.23. The average molecular weight is 321 g/mol. The van der Waals surface area contributed by atoms with Gasteiger partial charge in [0.15, 0.2) is 17.4 Å². The van der Waals surface area contributed by atoms with Crippen LogP contribution < -0.4 is 4.74 Å². The number of halogens is 5. The van der Waals surface area contributed by atoms with Crippen LogP contribution in [0.3, 0.4) is 0 Å². The van der Waals surface area contributed by atoms with Crippen molar-refractivity contribution in [1.82, 2.24) is 0 Å². The molecule has 20 heavy (non-hydrogen) atoms. The third-order valence-electron chi connectivity index (χ3n) is 2.63. The quantitative estimate of drug-likeness (QED) is 0.714. The van der Waals surface area contributed by atoms with Crippen LogP contribution >= 0.6 is 23.2 Å². The Labute approximate surface area is 123 Å². The summed E-state index contributed by atoms with van der Waals surface area (Å²) in [6, 6.07) is 6.21. The van der Waals surface area contributed by atoms with Crippen molar-refractivity contribution in [3.63, 3.8) is 0 Å². The van der Waals surface area contributed by atoms with E-state index in [0.717, 1.165) is 12.1 Å². The minimum atomic E-state index is -0.895. The zero-order chi connectivity index (χ0) is 14.7. The molecule has 0 aliphatic heterocycles. The maximum atomic E-state index is 13.7. The number of rotatable bonds is 4. The number of alkyl halides is 1. The van der Waals surface area contributed by atoms with Crippen LogP contribution in [0.1, 0.15) is 11.1 Å². The van der Waals surface area contributed by atoms with Crippen LogP contribution in [0.15, 0.2) is 30.3 Å². The summed E-state index contributed by atoms with van der Waals surface area (Å²) in [6.07, 6.45) is 0. The van der Waals surface area contributed by atoms with E-state index in [0.29, 0.717) is 0 Å². The lowest BCUT2D eigenvalue weighted by Crippen LogP contribution is -2.03. The number of hydrogen-bond acceptors (Lipinski definition) is 1. The van der Waals surface area contributed by atoms with Gasteiger partial charge in [0, 0.05) is 11.4 Å². The highest BCUT2D eigenvalue weighted by Crippen LogP contribution is 2.27. The molecule has 0 heterocycles. The molecule has 0 atom stereocenters. The molecular weight excluding hydrogens is 312 g/mol. The lowest BCUT2D eigenvalue weighted by atomic mass is 10.2. The Kier molecular flexibility index (Phi) is 4.78. The molecule has 0 aliphatic rings. The predicted molar refractivity (Wildman–Crippen MR) is 71.7 cm³/mol. The normalized spacial score (nSPS) is 10.7. The topological polar surface area (TPSA) is 9.23 Å². The summed E-state index contributed by atoms with van der Waals surface area (Å²) in [5.74, 6) is -3.00. The third kappa shape index (κ3) is 3.19. The van der Waals surface area contributed by atoms with Crippen LogP contribution in [0.25, 0.3) is 0 Å². The largest absolute Gasteiger partial charge is 0.483 e. The highest BCUT2D eigenvalue weighted by Gasteiger charge is 2.15. The van der Waals surface area contributed by atoms with Gasteiger partial charge < -0.3 is 4.74 Å². The lowest BCUT2D eigenvalue weighted by Gasteiger charge is -2.11. The van der Waals surface area contributed by atoms with Gasteiger partial charge in [0.1, 0.15) is 12.4 Å². The van der Waals surface area contributed by atoms with Gasteiger partial charge in [-0.2, -0.15) is 0 Å². The minimum absolute atomic E-state index is 0.0206. The number of ether oxygens (including phenoxy) is 1. The van der Waals surface area contributed by atoms with Crippen molar-refractivity contribution in [2.45, 2.75) is 12.5 Å². The average Bonchev–Trinajstić information content (AvgIpc) is 2.40. The van der Waals surface area contributed by atoms with Gasteiger partial charge in [-0.05, 0) is 29.8 Å². The van der Waals surface area contributed by atoms with Gasteiger partial charge >= 0.3 is 0 Å². The Bertz CT molecular complexity index is 589. The zero-order valence-corrected chi connectivity index (χ0v) is 11.6. The molecule has 0 radical (unpaired) electrons. The Morgan fingerprint density at radius 3 is 2.20 bits per heavy atom. The van der Waals surface area contributed by atoms with Gasteiger partial charge in [0.2, 0.25) is 0 Å². The molecule has 1 nitrogen and oxygen atoms in total. The van der Waals surface area contributed by atoms with E-state index >= 15 is 0 Å². The minimum Gasteiger partial charge on any atom is -0.483 e.